The van der Waals surface area contributed by atoms with Crippen molar-refractivity contribution >= 4 is 0 Å². The smallest absolute Gasteiger partial charge is 0.0515 e. The number of hydrogen-bond donors (Lipinski definition) is 4. The molecule has 0 saturated carbocycles. The molecule has 0 spiro atoms. The molecule has 5 heteroatoms. The van der Waals surface area contributed by atoms with Gasteiger partial charge in [0, 0.05) is 20.1 Å². The molecular weight excluding hydrogens is 120 g/mol. The van der Waals surface area contributed by atoms with Crippen molar-refractivity contribution in [3.63, 3.8) is 0 Å². The largest absolute Gasteiger partial charge is 0.317 e. The van der Waals surface area contributed by atoms with E-state index in [1.54, 1.807) is 0 Å². The van der Waals surface area contributed by atoms with Gasteiger partial charge in [-0.25, -0.2) is 15.9 Å². The summed E-state index contributed by atoms with van der Waals surface area (Å²) in [6, 6.07) is 0.292. The first kappa shape index (κ1) is 6.91. The molecule has 1 saturated heterocycles. The van der Waals surface area contributed by atoms with Gasteiger partial charge in [0.25, 0.3) is 0 Å². The topological polar surface area (TPSA) is 59.6 Å². The van der Waals surface area contributed by atoms with Crippen LogP contribution in [0.1, 0.15) is 0 Å². The fourth-order valence-electron chi connectivity index (χ4n) is 0.849. The molecule has 1 fully saturated rings. The van der Waals surface area contributed by atoms with E-state index in [2.05, 4.69) is 16.4 Å². The van der Waals surface area contributed by atoms with E-state index < -0.39 is 0 Å². The second-order valence-corrected chi connectivity index (χ2v) is 2.20. The first-order valence-electron chi connectivity index (χ1n) is 2.92. The predicted molar refractivity (Wildman–Crippen MR) is 32.5 cm³/mol. The van der Waals surface area contributed by atoms with Gasteiger partial charge in [0.05, 0.1) is 6.04 Å². The van der Waals surface area contributed by atoms with Gasteiger partial charge in [-0.2, -0.15) is 5.53 Å². The third kappa shape index (κ3) is 1.88. The van der Waals surface area contributed by atoms with Gasteiger partial charge in [-0.1, -0.05) is 0 Å². The fourth-order valence-corrected chi connectivity index (χ4v) is 0.849. The molecule has 0 aliphatic carbocycles. The van der Waals surface area contributed by atoms with Crippen LogP contribution < -0.4 is 16.4 Å². The van der Waals surface area contributed by atoms with Gasteiger partial charge in [0.1, 0.15) is 0 Å². The van der Waals surface area contributed by atoms with E-state index in [4.69, 9.17) is 5.21 Å². The summed E-state index contributed by atoms with van der Waals surface area (Å²) in [5.74, 6) is 0. The maximum absolute atomic E-state index is 8.28. The molecule has 0 aromatic heterocycles. The molecule has 0 amide bonds. The van der Waals surface area contributed by atoms with Gasteiger partial charge in [-0.3, -0.25) is 0 Å². The lowest BCUT2D eigenvalue weighted by Gasteiger charge is -2.04. The highest BCUT2D eigenvalue weighted by molar-refractivity contribution is 4.72. The third-order valence-electron chi connectivity index (χ3n) is 1.29. The van der Waals surface area contributed by atoms with Crippen molar-refractivity contribution in [1.82, 2.24) is 21.4 Å². The summed E-state index contributed by atoms with van der Waals surface area (Å²) in [4.78, 5) is 0. The number of hydrogen-bond acceptors (Lipinski definition) is 5. The lowest BCUT2D eigenvalue weighted by molar-refractivity contribution is 0.157. The Bertz CT molecular complexity index is 86.6. The Morgan fingerprint density at radius 3 is 3.11 bits per heavy atom. The molecule has 9 heavy (non-hydrogen) atoms. The Hall–Kier alpha value is -0.200. The van der Waals surface area contributed by atoms with Gasteiger partial charge in [0.15, 0.2) is 0 Å². The third-order valence-corrected chi connectivity index (χ3v) is 1.29. The predicted octanol–water partition coefficient (Wildman–Crippen LogP) is -1.71. The lowest BCUT2D eigenvalue weighted by atomic mass is 10.3. The van der Waals surface area contributed by atoms with Crippen molar-refractivity contribution in [3.8, 4) is 0 Å². The molecule has 1 aliphatic heterocycles. The number of nitrogens with zero attached hydrogens (tertiary/aromatic N) is 1. The molecule has 5 nitrogen and oxygen atoms in total. The summed E-state index contributed by atoms with van der Waals surface area (Å²) in [6.07, 6.45) is 0. The monoisotopic (exact) mass is 132 g/mol. The number of hydrazine groups is 2. The van der Waals surface area contributed by atoms with Crippen molar-refractivity contribution in [2.45, 2.75) is 6.04 Å². The van der Waals surface area contributed by atoms with Gasteiger partial charge in [0.2, 0.25) is 0 Å². The molecule has 4 N–H and O–H groups in total. The van der Waals surface area contributed by atoms with Crippen molar-refractivity contribution in [2.75, 3.05) is 20.1 Å². The highest BCUT2D eigenvalue weighted by atomic mass is 16.5. The Morgan fingerprint density at radius 2 is 2.67 bits per heavy atom. The van der Waals surface area contributed by atoms with E-state index in [0.717, 1.165) is 6.54 Å². The Labute approximate surface area is 53.9 Å². The minimum absolute atomic E-state index is 0.292. The number of likely N-dealkylation sites (N-methyl/N-ethyl adjacent to an activating group) is 1. The van der Waals surface area contributed by atoms with Crippen LogP contribution >= 0.6 is 0 Å². The van der Waals surface area contributed by atoms with Crippen LogP contribution in [-0.2, 0) is 0 Å². The quantitative estimate of drug-likeness (QED) is 0.337. The number of hydroxylamine groups is 1. The minimum Gasteiger partial charge on any atom is -0.317 e. The second-order valence-electron chi connectivity index (χ2n) is 2.20. The van der Waals surface area contributed by atoms with Gasteiger partial charge >= 0.3 is 0 Å². The van der Waals surface area contributed by atoms with Crippen molar-refractivity contribution < 1.29 is 5.21 Å². The van der Waals surface area contributed by atoms with Crippen LogP contribution in [0.15, 0.2) is 0 Å². The molecule has 54 valence electrons. The van der Waals surface area contributed by atoms with Crippen LogP contribution in [0.2, 0.25) is 0 Å². The van der Waals surface area contributed by atoms with Gasteiger partial charge in [-0.15, -0.1) is 0 Å². The van der Waals surface area contributed by atoms with Crippen LogP contribution in [0.3, 0.4) is 0 Å². The molecule has 0 radical (unpaired) electrons. The van der Waals surface area contributed by atoms with Crippen molar-refractivity contribution in [3.05, 3.63) is 0 Å². The van der Waals surface area contributed by atoms with Gasteiger partial charge in [-0.05, 0) is 0 Å². The average Bonchev–Trinajstić information content (AvgIpc) is 2.17. The van der Waals surface area contributed by atoms with E-state index in [1.807, 2.05) is 12.1 Å². The van der Waals surface area contributed by atoms with Crippen LogP contribution in [0.25, 0.3) is 0 Å². The molecule has 0 aromatic carbocycles. The number of nitrogens with one attached hydrogen (secondary N) is 3. The van der Waals surface area contributed by atoms with E-state index >= 15 is 0 Å². The molecule has 1 rings (SSSR count). The van der Waals surface area contributed by atoms with Crippen LogP contribution in [0, 0.1) is 0 Å². The summed E-state index contributed by atoms with van der Waals surface area (Å²) >= 11 is 0. The van der Waals surface area contributed by atoms with Crippen molar-refractivity contribution in [1.29, 1.82) is 0 Å². The first-order valence-corrected chi connectivity index (χ1v) is 2.92. The molecule has 0 bridgehead atoms. The van der Waals surface area contributed by atoms with Crippen molar-refractivity contribution in [2.24, 2.45) is 0 Å². The number of rotatable bonds is 2. The summed E-state index contributed by atoms with van der Waals surface area (Å²) in [7, 11) is 1.93. The Kier molecular flexibility index (Phi) is 2.38. The molecule has 0 aromatic rings. The highest BCUT2D eigenvalue weighted by Gasteiger charge is 2.16. The molecule has 1 heterocycles. The summed E-state index contributed by atoms with van der Waals surface area (Å²) in [6.45, 7) is 1.46. The van der Waals surface area contributed by atoms with E-state index in [1.165, 1.54) is 0 Å². The Morgan fingerprint density at radius 1 is 1.89 bits per heavy atom. The van der Waals surface area contributed by atoms with Crippen LogP contribution in [0.5, 0.6) is 0 Å². The normalized spacial score (nSPS) is 29.3. The summed E-state index contributed by atoms with van der Waals surface area (Å²) in [5, 5.41) is 10.2. The first-order chi connectivity index (χ1) is 4.33. The summed E-state index contributed by atoms with van der Waals surface area (Å²) in [5.41, 5.74) is 7.95. The minimum atomic E-state index is 0.292. The zero-order chi connectivity index (χ0) is 6.69. The maximum Gasteiger partial charge on any atom is 0.0515 e. The zero-order valence-corrected chi connectivity index (χ0v) is 5.39. The van der Waals surface area contributed by atoms with Crippen LogP contribution in [-0.4, -0.2) is 36.4 Å². The standard InChI is InChI=1S/C4H12N4O/c1-8-3-4(2-5-9)6-7-8/h4-7,9H,2-3H2,1H3. The molecular formula is C4H12N4O. The molecule has 1 unspecified atom stereocenters. The highest BCUT2D eigenvalue weighted by Crippen LogP contribution is 1.89. The average molecular weight is 132 g/mol. The van der Waals surface area contributed by atoms with E-state index in [9.17, 15) is 0 Å². The van der Waals surface area contributed by atoms with Gasteiger partial charge < -0.3 is 5.21 Å². The second kappa shape index (κ2) is 3.09. The van der Waals surface area contributed by atoms with E-state index in [0.29, 0.717) is 12.6 Å². The maximum atomic E-state index is 8.28. The summed E-state index contributed by atoms with van der Waals surface area (Å²) < 4.78 is 0. The molecule has 1 aliphatic rings. The zero-order valence-electron chi connectivity index (χ0n) is 5.39. The van der Waals surface area contributed by atoms with Crippen LogP contribution in [0.4, 0.5) is 0 Å². The molecule has 1 atom stereocenters. The lowest BCUT2D eigenvalue weighted by Crippen LogP contribution is -2.38. The van der Waals surface area contributed by atoms with E-state index in [-0.39, 0.29) is 0 Å². The SMILES string of the molecule is CN1CC(CNO)NN1. The fraction of sp³-hybridized carbons (Fsp3) is 1.00. The Balaban J connectivity index is 2.14.